The van der Waals surface area contributed by atoms with Gasteiger partial charge >= 0.3 is 0 Å². The highest BCUT2D eigenvalue weighted by molar-refractivity contribution is 7.89. The SMILES string of the molecule is COc1ccc(-c2nccn2[C@@H]2COC[C@@H]2CS(=O)(=O)N(C)C)cc1F.O=CO. The molecule has 1 aromatic carbocycles. The Morgan fingerprint density at radius 1 is 1.41 bits per heavy atom. The third kappa shape index (κ3) is 5.31. The Morgan fingerprint density at radius 2 is 2.10 bits per heavy atom. The molecule has 0 aliphatic carbocycles. The van der Waals surface area contributed by atoms with E-state index in [-0.39, 0.29) is 29.9 Å². The van der Waals surface area contributed by atoms with E-state index in [2.05, 4.69) is 4.98 Å². The molecule has 1 N–H and O–H groups in total. The molecule has 29 heavy (non-hydrogen) atoms. The maximum Gasteiger partial charge on any atom is 0.290 e. The summed E-state index contributed by atoms with van der Waals surface area (Å²) < 4.78 is 52.2. The Morgan fingerprint density at radius 3 is 2.69 bits per heavy atom. The van der Waals surface area contributed by atoms with Crippen LogP contribution < -0.4 is 4.74 Å². The molecule has 0 bridgehead atoms. The maximum absolute atomic E-state index is 14.1. The van der Waals surface area contributed by atoms with Crippen molar-refractivity contribution in [2.45, 2.75) is 6.04 Å². The number of sulfonamides is 1. The van der Waals surface area contributed by atoms with Gasteiger partial charge in [0.2, 0.25) is 10.0 Å². The molecule has 3 rings (SSSR count). The van der Waals surface area contributed by atoms with Gasteiger partial charge in [0, 0.05) is 38.0 Å². The van der Waals surface area contributed by atoms with Crippen LogP contribution in [-0.2, 0) is 19.6 Å². The second-order valence-corrected chi connectivity index (χ2v) is 8.77. The third-order valence-corrected chi connectivity index (χ3v) is 6.54. The van der Waals surface area contributed by atoms with E-state index in [0.717, 1.165) is 0 Å². The van der Waals surface area contributed by atoms with Crippen molar-refractivity contribution in [3.05, 3.63) is 36.4 Å². The molecule has 1 fully saturated rings. The number of carbonyl (C=O) groups is 1. The number of ether oxygens (including phenoxy) is 2. The summed E-state index contributed by atoms with van der Waals surface area (Å²) in [6.07, 6.45) is 3.39. The molecule has 1 aromatic heterocycles. The zero-order chi connectivity index (χ0) is 21.6. The Kier molecular flexibility index (Phi) is 7.71. The zero-order valence-corrected chi connectivity index (χ0v) is 17.2. The summed E-state index contributed by atoms with van der Waals surface area (Å²) in [6.45, 7) is 0.488. The first-order chi connectivity index (χ1) is 13.7. The van der Waals surface area contributed by atoms with Gasteiger partial charge in [-0.15, -0.1) is 0 Å². The first-order valence-corrected chi connectivity index (χ1v) is 10.3. The van der Waals surface area contributed by atoms with Gasteiger partial charge in [-0.2, -0.15) is 0 Å². The number of benzene rings is 1. The number of imidazole rings is 1. The highest BCUT2D eigenvalue weighted by Crippen LogP contribution is 2.32. The smallest absolute Gasteiger partial charge is 0.290 e. The molecule has 0 amide bonds. The standard InChI is InChI=1S/C17H22FN3O4S.CH2O2/c1-20(2)26(22,23)11-13-9-25-10-15(13)21-7-6-19-17(21)12-4-5-16(24-3)14(18)8-12;2-1-3/h4-8,13,15H,9-11H2,1-3H3;1H,(H,2,3)/t13-,15-;/m1./s1. The van der Waals surface area contributed by atoms with Crippen LogP contribution in [0.3, 0.4) is 0 Å². The van der Waals surface area contributed by atoms with Crippen molar-refractivity contribution in [3.8, 4) is 17.1 Å². The Hall–Kier alpha value is -2.50. The van der Waals surface area contributed by atoms with Crippen molar-refractivity contribution in [1.29, 1.82) is 0 Å². The van der Waals surface area contributed by atoms with Gasteiger partial charge in [0.15, 0.2) is 11.6 Å². The van der Waals surface area contributed by atoms with E-state index in [9.17, 15) is 12.8 Å². The second kappa shape index (κ2) is 9.81. The molecule has 2 atom stereocenters. The Labute approximate surface area is 168 Å². The van der Waals surface area contributed by atoms with Crippen LogP contribution >= 0.6 is 0 Å². The van der Waals surface area contributed by atoms with Crippen molar-refractivity contribution < 1.29 is 32.2 Å². The molecule has 1 aliphatic heterocycles. The predicted molar refractivity (Wildman–Crippen MR) is 104 cm³/mol. The fourth-order valence-corrected chi connectivity index (χ4v) is 4.24. The number of rotatable bonds is 6. The monoisotopic (exact) mass is 429 g/mol. The van der Waals surface area contributed by atoms with Gasteiger partial charge in [-0.1, -0.05) is 0 Å². The van der Waals surface area contributed by atoms with E-state index in [1.165, 1.54) is 31.6 Å². The predicted octanol–water partition coefficient (Wildman–Crippen LogP) is 1.48. The maximum atomic E-state index is 14.1. The number of hydrogen-bond acceptors (Lipinski definition) is 6. The van der Waals surface area contributed by atoms with Crippen molar-refractivity contribution in [2.75, 3.05) is 40.2 Å². The average Bonchev–Trinajstić information content (AvgIpc) is 3.30. The summed E-state index contributed by atoms with van der Waals surface area (Å²) in [7, 11) is 1.09. The van der Waals surface area contributed by atoms with Crippen LogP contribution in [0.4, 0.5) is 4.39 Å². The molecule has 0 unspecified atom stereocenters. The zero-order valence-electron chi connectivity index (χ0n) is 16.4. The molecule has 1 aliphatic rings. The summed E-state index contributed by atoms with van der Waals surface area (Å²) in [4.78, 5) is 12.7. The van der Waals surface area contributed by atoms with Gasteiger partial charge in [-0.25, -0.2) is 22.1 Å². The Balaban J connectivity index is 0.000000941. The van der Waals surface area contributed by atoms with E-state index in [1.54, 1.807) is 24.5 Å². The van der Waals surface area contributed by atoms with Crippen LogP contribution in [0.2, 0.25) is 0 Å². The quantitative estimate of drug-likeness (QED) is 0.693. The molecular weight excluding hydrogens is 405 g/mol. The lowest BCUT2D eigenvalue weighted by Crippen LogP contribution is -2.32. The molecule has 2 heterocycles. The third-order valence-electron chi connectivity index (χ3n) is 4.58. The molecule has 0 radical (unpaired) electrons. The van der Waals surface area contributed by atoms with Crippen LogP contribution in [-0.4, -0.2) is 74.0 Å². The van der Waals surface area contributed by atoms with Crippen LogP contribution in [0.25, 0.3) is 11.4 Å². The minimum absolute atomic E-state index is 0.0146. The van der Waals surface area contributed by atoms with Crippen molar-refractivity contribution >= 4 is 16.5 Å². The van der Waals surface area contributed by atoms with Gasteiger partial charge in [0.05, 0.1) is 32.1 Å². The van der Waals surface area contributed by atoms with Crippen molar-refractivity contribution in [2.24, 2.45) is 5.92 Å². The van der Waals surface area contributed by atoms with E-state index in [1.807, 2.05) is 4.57 Å². The number of aromatic nitrogens is 2. The lowest BCUT2D eigenvalue weighted by Gasteiger charge is -2.22. The molecule has 0 spiro atoms. The summed E-state index contributed by atoms with van der Waals surface area (Å²) in [5.74, 6) is 0.0203. The second-order valence-electron chi connectivity index (χ2n) is 6.54. The van der Waals surface area contributed by atoms with Crippen molar-refractivity contribution in [3.63, 3.8) is 0 Å². The van der Waals surface area contributed by atoms with Gasteiger partial charge < -0.3 is 19.1 Å². The normalized spacial score (nSPS) is 18.9. The lowest BCUT2D eigenvalue weighted by atomic mass is 10.1. The number of halogens is 1. The highest BCUT2D eigenvalue weighted by atomic mass is 32.2. The topological polar surface area (TPSA) is 111 Å². The van der Waals surface area contributed by atoms with Crippen LogP contribution in [0.5, 0.6) is 5.75 Å². The molecule has 11 heteroatoms. The summed E-state index contributed by atoms with van der Waals surface area (Å²) in [5, 5.41) is 6.89. The number of hydrogen-bond donors (Lipinski definition) is 1. The summed E-state index contributed by atoms with van der Waals surface area (Å²) in [6, 6.07) is 4.44. The van der Waals surface area contributed by atoms with Gasteiger partial charge in [0.1, 0.15) is 5.82 Å². The largest absolute Gasteiger partial charge is 0.494 e. The molecular formula is C18H24FN3O6S. The van der Waals surface area contributed by atoms with Crippen LogP contribution in [0.15, 0.2) is 30.6 Å². The van der Waals surface area contributed by atoms with Gasteiger partial charge in [-0.05, 0) is 18.2 Å². The number of methoxy groups -OCH3 is 1. The first-order valence-electron chi connectivity index (χ1n) is 8.67. The van der Waals surface area contributed by atoms with E-state index in [4.69, 9.17) is 19.4 Å². The molecule has 0 saturated carbocycles. The molecule has 2 aromatic rings. The summed E-state index contributed by atoms with van der Waals surface area (Å²) >= 11 is 0. The van der Waals surface area contributed by atoms with Gasteiger partial charge in [0.25, 0.3) is 6.47 Å². The van der Waals surface area contributed by atoms with E-state index >= 15 is 0 Å². The summed E-state index contributed by atoms with van der Waals surface area (Å²) in [5.41, 5.74) is 0.592. The molecule has 160 valence electrons. The van der Waals surface area contributed by atoms with E-state index < -0.39 is 15.8 Å². The minimum atomic E-state index is -3.36. The lowest BCUT2D eigenvalue weighted by molar-refractivity contribution is -0.122. The van der Waals surface area contributed by atoms with Crippen molar-refractivity contribution in [1.82, 2.24) is 13.9 Å². The fraction of sp³-hybridized carbons (Fsp3) is 0.444. The minimum Gasteiger partial charge on any atom is -0.494 e. The fourth-order valence-electron chi connectivity index (χ4n) is 3.08. The van der Waals surface area contributed by atoms with E-state index in [0.29, 0.717) is 24.6 Å². The number of nitrogens with zero attached hydrogens (tertiary/aromatic N) is 3. The van der Waals surface area contributed by atoms with Gasteiger partial charge in [-0.3, -0.25) is 4.79 Å². The molecule has 9 nitrogen and oxygen atoms in total. The average molecular weight is 429 g/mol. The molecule has 1 saturated heterocycles. The Bertz CT molecular complexity index is 931. The van der Waals surface area contributed by atoms with Crippen LogP contribution in [0, 0.1) is 11.7 Å². The highest BCUT2D eigenvalue weighted by Gasteiger charge is 2.35. The number of carboxylic acid groups (broad SMARTS) is 1. The first kappa shape index (κ1) is 22.8. The van der Waals surface area contributed by atoms with Crippen LogP contribution in [0.1, 0.15) is 6.04 Å².